The number of hydrogen-bond donors (Lipinski definition) is 2. The van der Waals surface area contributed by atoms with Gasteiger partial charge in [-0.15, -0.1) is 0 Å². The van der Waals surface area contributed by atoms with Crippen LogP contribution in [0.1, 0.15) is 44.2 Å². The van der Waals surface area contributed by atoms with Crippen molar-refractivity contribution >= 4 is 6.03 Å². The smallest absolute Gasteiger partial charge is 0.315 e. The molecular formula is C17H24N2O2. The SMILES string of the molecule is C[C@H](NC(=O)N[C@H](c1ccccc1)C1CC1)[C@H]1CCCO1. The summed E-state index contributed by atoms with van der Waals surface area (Å²) in [5.74, 6) is 0.580. The Kier molecular flexibility index (Phi) is 4.44. The maximum absolute atomic E-state index is 12.2. The van der Waals surface area contributed by atoms with Crippen LogP contribution in [0.15, 0.2) is 30.3 Å². The van der Waals surface area contributed by atoms with Gasteiger partial charge in [-0.2, -0.15) is 0 Å². The van der Waals surface area contributed by atoms with Crippen molar-refractivity contribution in [1.29, 1.82) is 0 Å². The van der Waals surface area contributed by atoms with Crippen molar-refractivity contribution in [2.45, 2.75) is 50.8 Å². The van der Waals surface area contributed by atoms with Gasteiger partial charge in [0.1, 0.15) is 0 Å². The zero-order valence-corrected chi connectivity index (χ0v) is 12.5. The molecule has 1 aromatic carbocycles. The summed E-state index contributed by atoms with van der Waals surface area (Å²) in [7, 11) is 0. The van der Waals surface area contributed by atoms with Crippen molar-refractivity contribution in [1.82, 2.24) is 10.6 Å². The molecule has 2 aliphatic rings. The number of amides is 2. The van der Waals surface area contributed by atoms with Crippen molar-refractivity contribution < 1.29 is 9.53 Å². The fraction of sp³-hybridized carbons (Fsp3) is 0.588. The van der Waals surface area contributed by atoms with Gasteiger partial charge in [-0.3, -0.25) is 0 Å². The monoisotopic (exact) mass is 288 g/mol. The Morgan fingerprint density at radius 1 is 1.19 bits per heavy atom. The topological polar surface area (TPSA) is 50.4 Å². The molecule has 1 heterocycles. The first kappa shape index (κ1) is 14.4. The third-order valence-electron chi connectivity index (χ3n) is 4.42. The van der Waals surface area contributed by atoms with Crippen LogP contribution in [0.5, 0.6) is 0 Å². The van der Waals surface area contributed by atoms with Crippen LogP contribution < -0.4 is 10.6 Å². The molecule has 114 valence electrons. The van der Waals surface area contributed by atoms with E-state index in [2.05, 4.69) is 22.8 Å². The average molecular weight is 288 g/mol. The molecule has 0 spiro atoms. The molecule has 1 aliphatic carbocycles. The normalized spacial score (nSPS) is 24.3. The Balaban J connectivity index is 1.57. The van der Waals surface area contributed by atoms with Crippen molar-refractivity contribution in [2.75, 3.05) is 6.61 Å². The summed E-state index contributed by atoms with van der Waals surface area (Å²) in [6, 6.07) is 10.3. The number of urea groups is 1. The van der Waals surface area contributed by atoms with E-state index in [0.29, 0.717) is 5.92 Å². The average Bonchev–Trinajstić information content (AvgIpc) is 3.18. The minimum Gasteiger partial charge on any atom is -0.376 e. The molecule has 4 nitrogen and oxygen atoms in total. The predicted molar refractivity (Wildman–Crippen MR) is 82.0 cm³/mol. The number of benzene rings is 1. The molecule has 3 rings (SSSR count). The fourth-order valence-electron chi connectivity index (χ4n) is 3.04. The third-order valence-corrected chi connectivity index (χ3v) is 4.42. The number of carbonyl (C=O) groups excluding carboxylic acids is 1. The van der Waals surface area contributed by atoms with Crippen LogP contribution in [-0.4, -0.2) is 24.8 Å². The fourth-order valence-corrected chi connectivity index (χ4v) is 3.04. The van der Waals surface area contributed by atoms with E-state index < -0.39 is 0 Å². The van der Waals surface area contributed by atoms with Gasteiger partial charge in [-0.1, -0.05) is 30.3 Å². The lowest BCUT2D eigenvalue weighted by Crippen LogP contribution is -2.47. The van der Waals surface area contributed by atoms with Crippen molar-refractivity contribution in [3.63, 3.8) is 0 Å². The summed E-state index contributed by atoms with van der Waals surface area (Å²) in [5, 5.41) is 6.17. The van der Waals surface area contributed by atoms with Gasteiger partial charge >= 0.3 is 6.03 Å². The van der Waals surface area contributed by atoms with E-state index in [1.807, 2.05) is 25.1 Å². The van der Waals surface area contributed by atoms with E-state index in [4.69, 9.17) is 4.74 Å². The van der Waals surface area contributed by atoms with E-state index in [1.165, 1.54) is 18.4 Å². The molecule has 0 unspecified atom stereocenters. The molecule has 21 heavy (non-hydrogen) atoms. The lowest BCUT2D eigenvalue weighted by molar-refractivity contribution is 0.0858. The first-order chi connectivity index (χ1) is 10.2. The van der Waals surface area contributed by atoms with E-state index >= 15 is 0 Å². The molecule has 2 N–H and O–H groups in total. The summed E-state index contributed by atoms with van der Waals surface area (Å²) in [5.41, 5.74) is 1.19. The molecule has 2 fully saturated rings. The van der Waals surface area contributed by atoms with Gasteiger partial charge in [-0.25, -0.2) is 4.79 Å². The van der Waals surface area contributed by atoms with E-state index in [1.54, 1.807) is 0 Å². The third kappa shape index (κ3) is 3.76. The number of rotatable bonds is 5. The van der Waals surface area contributed by atoms with Gasteiger partial charge in [0.25, 0.3) is 0 Å². The Morgan fingerprint density at radius 2 is 1.95 bits per heavy atom. The maximum atomic E-state index is 12.2. The van der Waals surface area contributed by atoms with Crippen LogP contribution in [-0.2, 0) is 4.74 Å². The van der Waals surface area contributed by atoms with Crippen molar-refractivity contribution in [3.05, 3.63) is 35.9 Å². The second kappa shape index (κ2) is 6.48. The Morgan fingerprint density at radius 3 is 2.57 bits per heavy atom. The summed E-state index contributed by atoms with van der Waals surface area (Å²) < 4.78 is 5.62. The van der Waals surface area contributed by atoms with E-state index in [9.17, 15) is 4.79 Å². The minimum atomic E-state index is -0.0845. The largest absolute Gasteiger partial charge is 0.376 e. The highest BCUT2D eigenvalue weighted by molar-refractivity contribution is 5.75. The zero-order chi connectivity index (χ0) is 14.7. The molecule has 1 saturated heterocycles. The number of carbonyl (C=O) groups is 1. The molecule has 3 atom stereocenters. The van der Waals surface area contributed by atoms with Gasteiger partial charge in [-0.05, 0) is 44.1 Å². The second-order valence-electron chi connectivity index (χ2n) is 6.18. The minimum absolute atomic E-state index is 0.0585. The van der Waals surface area contributed by atoms with Crippen LogP contribution in [0.25, 0.3) is 0 Å². The van der Waals surface area contributed by atoms with E-state index in [-0.39, 0.29) is 24.2 Å². The first-order valence-electron chi connectivity index (χ1n) is 7.97. The summed E-state index contributed by atoms with van der Waals surface area (Å²) in [6.45, 7) is 2.83. The Hall–Kier alpha value is -1.55. The van der Waals surface area contributed by atoms with E-state index in [0.717, 1.165) is 19.4 Å². The lowest BCUT2D eigenvalue weighted by atomic mass is 10.0. The number of nitrogens with one attached hydrogen (secondary N) is 2. The van der Waals surface area contributed by atoms with Gasteiger partial charge in [0.05, 0.1) is 18.2 Å². The van der Waals surface area contributed by atoms with Gasteiger partial charge in [0.2, 0.25) is 0 Å². The molecule has 2 amide bonds. The van der Waals surface area contributed by atoms with Crippen LogP contribution in [0.4, 0.5) is 4.79 Å². The molecule has 0 bridgehead atoms. The number of hydrogen-bond acceptors (Lipinski definition) is 2. The maximum Gasteiger partial charge on any atom is 0.315 e. The Bertz CT molecular complexity index is 467. The van der Waals surface area contributed by atoms with Crippen molar-refractivity contribution in [3.8, 4) is 0 Å². The Labute approximate surface area is 126 Å². The molecule has 1 aliphatic heterocycles. The standard InChI is InChI=1S/C17H24N2O2/c1-12(15-8-5-11-21-15)18-17(20)19-16(14-9-10-14)13-6-3-2-4-7-13/h2-4,6-7,12,14-16H,5,8-11H2,1H3,(H2,18,19,20)/t12-,15+,16+/m0/s1. The van der Waals surface area contributed by atoms with Crippen LogP contribution in [0.3, 0.4) is 0 Å². The summed E-state index contributed by atoms with van der Waals surface area (Å²) in [6.07, 6.45) is 4.67. The molecule has 0 radical (unpaired) electrons. The van der Waals surface area contributed by atoms with Crippen molar-refractivity contribution in [2.24, 2.45) is 5.92 Å². The zero-order valence-electron chi connectivity index (χ0n) is 12.5. The summed E-state index contributed by atoms with van der Waals surface area (Å²) >= 11 is 0. The highest BCUT2D eigenvalue weighted by atomic mass is 16.5. The number of ether oxygens (including phenoxy) is 1. The van der Waals surface area contributed by atoms with Crippen LogP contribution in [0, 0.1) is 5.92 Å². The lowest BCUT2D eigenvalue weighted by Gasteiger charge is -2.23. The quantitative estimate of drug-likeness (QED) is 0.875. The molecular weight excluding hydrogens is 264 g/mol. The molecule has 1 saturated carbocycles. The molecule has 4 heteroatoms. The van der Waals surface area contributed by atoms with Gasteiger partial charge < -0.3 is 15.4 Å². The second-order valence-corrected chi connectivity index (χ2v) is 6.18. The predicted octanol–water partition coefficient (Wildman–Crippen LogP) is 3.00. The van der Waals surface area contributed by atoms with Crippen LogP contribution in [0.2, 0.25) is 0 Å². The molecule has 0 aromatic heterocycles. The van der Waals surface area contributed by atoms with Gasteiger partial charge in [0.15, 0.2) is 0 Å². The molecule has 1 aromatic rings. The first-order valence-corrected chi connectivity index (χ1v) is 7.97. The highest BCUT2D eigenvalue weighted by Gasteiger charge is 2.34. The summed E-state index contributed by atoms with van der Waals surface area (Å²) in [4.78, 5) is 12.2. The van der Waals surface area contributed by atoms with Gasteiger partial charge in [0, 0.05) is 6.61 Å². The highest BCUT2D eigenvalue weighted by Crippen LogP contribution is 2.40. The van der Waals surface area contributed by atoms with Crippen LogP contribution >= 0.6 is 0 Å².